The number of anilines is 3. The van der Waals surface area contributed by atoms with Crippen molar-refractivity contribution in [1.82, 2.24) is 15.0 Å². The number of nitrogens with two attached hydrogens (primary N) is 1. The SMILES string of the molecule is Cc1ccc(Nc2nc(N)nc(/C(C#N)=C/c3ccc([N+](=O)[O-])cc3)n2)cc1. The van der Waals surface area contributed by atoms with Crippen molar-refractivity contribution in [1.29, 1.82) is 5.26 Å². The molecule has 0 bridgehead atoms. The summed E-state index contributed by atoms with van der Waals surface area (Å²) >= 11 is 0. The van der Waals surface area contributed by atoms with Crippen molar-refractivity contribution < 1.29 is 4.92 Å². The Hall–Kier alpha value is -4.32. The van der Waals surface area contributed by atoms with Crippen LogP contribution < -0.4 is 11.1 Å². The maximum Gasteiger partial charge on any atom is 0.269 e. The summed E-state index contributed by atoms with van der Waals surface area (Å²) in [6.07, 6.45) is 1.52. The fourth-order valence-corrected chi connectivity index (χ4v) is 2.34. The molecular weight excluding hydrogens is 358 g/mol. The number of aryl methyl sites for hydroxylation is 1. The fraction of sp³-hybridized carbons (Fsp3) is 0.0526. The quantitative estimate of drug-likeness (QED) is 0.393. The van der Waals surface area contributed by atoms with Crippen LogP contribution in [0.4, 0.5) is 23.3 Å². The highest BCUT2D eigenvalue weighted by atomic mass is 16.6. The first kappa shape index (κ1) is 18.5. The summed E-state index contributed by atoms with van der Waals surface area (Å²) in [6.45, 7) is 1.98. The first-order chi connectivity index (χ1) is 13.4. The molecule has 0 atom stereocenters. The number of nitro benzene ring substituents is 1. The van der Waals surface area contributed by atoms with E-state index in [1.807, 2.05) is 37.3 Å². The third kappa shape index (κ3) is 4.44. The number of hydrogen-bond acceptors (Lipinski definition) is 8. The molecule has 28 heavy (non-hydrogen) atoms. The van der Waals surface area contributed by atoms with E-state index in [0.29, 0.717) is 5.56 Å². The predicted molar refractivity (Wildman–Crippen MR) is 105 cm³/mol. The van der Waals surface area contributed by atoms with Crippen molar-refractivity contribution in [3.8, 4) is 6.07 Å². The maximum atomic E-state index is 10.7. The number of nitrogens with one attached hydrogen (secondary N) is 1. The van der Waals surface area contributed by atoms with Crippen LogP contribution in [0.3, 0.4) is 0 Å². The van der Waals surface area contributed by atoms with Crippen LogP contribution in [0.2, 0.25) is 0 Å². The zero-order valence-corrected chi connectivity index (χ0v) is 14.8. The number of nitrogen functional groups attached to an aromatic ring is 1. The van der Waals surface area contributed by atoms with Crippen molar-refractivity contribution in [2.24, 2.45) is 0 Å². The van der Waals surface area contributed by atoms with Crippen molar-refractivity contribution >= 4 is 34.9 Å². The van der Waals surface area contributed by atoms with Gasteiger partial charge in [-0.15, -0.1) is 0 Å². The highest BCUT2D eigenvalue weighted by Gasteiger charge is 2.11. The molecule has 9 heteroatoms. The molecule has 0 fully saturated rings. The lowest BCUT2D eigenvalue weighted by Gasteiger charge is -2.07. The summed E-state index contributed by atoms with van der Waals surface area (Å²) in [4.78, 5) is 22.6. The molecule has 1 heterocycles. The Balaban J connectivity index is 1.92. The molecule has 3 rings (SSSR count). The van der Waals surface area contributed by atoms with Gasteiger partial charge in [0.25, 0.3) is 5.69 Å². The predicted octanol–water partition coefficient (Wildman–Crippen LogP) is 3.48. The Labute approximate surface area is 160 Å². The van der Waals surface area contributed by atoms with Crippen LogP contribution in [-0.2, 0) is 0 Å². The average Bonchev–Trinajstić information content (AvgIpc) is 2.68. The van der Waals surface area contributed by atoms with E-state index in [0.717, 1.165) is 11.3 Å². The van der Waals surface area contributed by atoms with Gasteiger partial charge in [0.05, 0.1) is 10.5 Å². The zero-order chi connectivity index (χ0) is 20.1. The lowest BCUT2D eigenvalue weighted by atomic mass is 10.1. The van der Waals surface area contributed by atoms with Gasteiger partial charge in [0.1, 0.15) is 6.07 Å². The Morgan fingerprint density at radius 2 is 1.82 bits per heavy atom. The molecule has 1 aromatic heterocycles. The molecule has 0 aliphatic rings. The molecule has 0 spiro atoms. The maximum absolute atomic E-state index is 10.7. The fourth-order valence-electron chi connectivity index (χ4n) is 2.34. The molecule has 0 amide bonds. The minimum absolute atomic E-state index is 0.0374. The second-order valence-electron chi connectivity index (χ2n) is 5.85. The van der Waals surface area contributed by atoms with Crippen LogP contribution in [0.15, 0.2) is 48.5 Å². The normalized spacial score (nSPS) is 10.9. The van der Waals surface area contributed by atoms with E-state index in [9.17, 15) is 15.4 Å². The van der Waals surface area contributed by atoms with E-state index >= 15 is 0 Å². The molecule has 0 saturated carbocycles. The van der Waals surface area contributed by atoms with Crippen LogP contribution in [0.5, 0.6) is 0 Å². The minimum atomic E-state index is -0.492. The van der Waals surface area contributed by atoms with Gasteiger partial charge >= 0.3 is 0 Å². The van der Waals surface area contributed by atoms with Gasteiger partial charge in [-0.1, -0.05) is 17.7 Å². The molecule has 138 valence electrons. The van der Waals surface area contributed by atoms with Crippen molar-refractivity contribution in [2.75, 3.05) is 11.1 Å². The third-order valence-corrected chi connectivity index (χ3v) is 3.74. The van der Waals surface area contributed by atoms with Crippen LogP contribution >= 0.6 is 0 Å². The summed E-state index contributed by atoms with van der Waals surface area (Å²) in [5, 5.41) is 23.3. The Bertz CT molecular complexity index is 1080. The number of allylic oxidation sites excluding steroid dienone is 1. The first-order valence-corrected chi connectivity index (χ1v) is 8.16. The van der Waals surface area contributed by atoms with Gasteiger partial charge in [-0.25, -0.2) is 0 Å². The van der Waals surface area contributed by atoms with Crippen LogP contribution in [0.25, 0.3) is 11.6 Å². The van der Waals surface area contributed by atoms with Crippen molar-refractivity contribution in [2.45, 2.75) is 6.92 Å². The van der Waals surface area contributed by atoms with E-state index in [1.54, 1.807) is 0 Å². The van der Waals surface area contributed by atoms with Gasteiger partial charge in [0.15, 0.2) is 5.82 Å². The number of rotatable bonds is 5. The number of aromatic nitrogens is 3. The van der Waals surface area contributed by atoms with E-state index < -0.39 is 4.92 Å². The number of non-ortho nitro benzene ring substituents is 1. The first-order valence-electron chi connectivity index (χ1n) is 8.16. The summed E-state index contributed by atoms with van der Waals surface area (Å²) in [5.41, 5.74) is 8.34. The number of nitrogens with zero attached hydrogens (tertiary/aromatic N) is 5. The van der Waals surface area contributed by atoms with Crippen LogP contribution in [0.1, 0.15) is 17.0 Å². The van der Waals surface area contributed by atoms with Gasteiger partial charge in [-0.2, -0.15) is 20.2 Å². The summed E-state index contributed by atoms with van der Waals surface area (Å²) in [6, 6.07) is 15.4. The van der Waals surface area contributed by atoms with E-state index in [1.165, 1.54) is 30.3 Å². The molecule has 3 N–H and O–H groups in total. The monoisotopic (exact) mass is 373 g/mol. The van der Waals surface area contributed by atoms with Crippen molar-refractivity contribution in [3.63, 3.8) is 0 Å². The molecule has 0 aliphatic heterocycles. The van der Waals surface area contributed by atoms with E-state index in [2.05, 4.69) is 20.3 Å². The second kappa shape index (κ2) is 7.92. The molecule has 0 unspecified atom stereocenters. The molecular formula is C19H15N7O2. The van der Waals surface area contributed by atoms with Crippen LogP contribution in [-0.4, -0.2) is 19.9 Å². The van der Waals surface area contributed by atoms with Crippen LogP contribution in [0, 0.1) is 28.4 Å². The lowest BCUT2D eigenvalue weighted by Crippen LogP contribution is -2.06. The Kier molecular flexibility index (Phi) is 5.23. The summed E-state index contributed by atoms with van der Waals surface area (Å²) < 4.78 is 0. The Morgan fingerprint density at radius 1 is 1.14 bits per heavy atom. The molecule has 3 aromatic rings. The molecule has 0 aliphatic carbocycles. The van der Waals surface area contributed by atoms with Gasteiger partial charge in [-0.3, -0.25) is 10.1 Å². The molecule has 0 saturated heterocycles. The largest absolute Gasteiger partial charge is 0.368 e. The van der Waals surface area contributed by atoms with Crippen molar-refractivity contribution in [3.05, 3.63) is 75.6 Å². The standard InChI is InChI=1S/C19H15N7O2/c1-12-2-6-15(7-3-12)22-19-24-17(23-18(21)25-19)14(11-20)10-13-4-8-16(9-5-13)26(27)28/h2-10H,1H3,(H3,21,22,23,24,25)/b14-10+. The van der Waals surface area contributed by atoms with E-state index in [-0.39, 0.29) is 29.0 Å². The number of nitriles is 1. The summed E-state index contributed by atoms with van der Waals surface area (Å²) in [7, 11) is 0. The zero-order valence-electron chi connectivity index (χ0n) is 14.8. The lowest BCUT2D eigenvalue weighted by molar-refractivity contribution is -0.384. The molecule has 2 aromatic carbocycles. The number of nitro groups is 1. The average molecular weight is 373 g/mol. The summed E-state index contributed by atoms with van der Waals surface area (Å²) in [5.74, 6) is 0.267. The third-order valence-electron chi connectivity index (χ3n) is 3.74. The molecule has 0 radical (unpaired) electrons. The smallest absolute Gasteiger partial charge is 0.269 e. The second-order valence-corrected chi connectivity index (χ2v) is 5.85. The number of benzene rings is 2. The van der Waals surface area contributed by atoms with Gasteiger partial charge in [0.2, 0.25) is 11.9 Å². The van der Waals surface area contributed by atoms with E-state index in [4.69, 9.17) is 5.73 Å². The van der Waals surface area contributed by atoms with Gasteiger partial charge < -0.3 is 11.1 Å². The minimum Gasteiger partial charge on any atom is -0.368 e. The number of hydrogen-bond donors (Lipinski definition) is 2. The molecule has 9 nitrogen and oxygen atoms in total. The van der Waals surface area contributed by atoms with Gasteiger partial charge in [-0.05, 0) is 42.8 Å². The highest BCUT2D eigenvalue weighted by molar-refractivity contribution is 5.87. The van der Waals surface area contributed by atoms with Gasteiger partial charge in [0, 0.05) is 17.8 Å². The topological polar surface area (TPSA) is 144 Å². The highest BCUT2D eigenvalue weighted by Crippen LogP contribution is 2.20. The Morgan fingerprint density at radius 3 is 2.43 bits per heavy atom.